The van der Waals surface area contributed by atoms with Crippen molar-refractivity contribution in [2.75, 3.05) is 12.0 Å². The number of rotatable bonds is 5. The van der Waals surface area contributed by atoms with Crippen LogP contribution in [-0.4, -0.2) is 23.4 Å². The number of halogens is 1. The molecule has 1 heterocycles. The summed E-state index contributed by atoms with van der Waals surface area (Å²) in [5.41, 5.74) is 1.26. The van der Waals surface area contributed by atoms with E-state index in [-0.39, 0.29) is 17.8 Å². The number of methoxy groups -OCH3 is 1. The van der Waals surface area contributed by atoms with E-state index in [0.717, 1.165) is 5.56 Å². The van der Waals surface area contributed by atoms with Gasteiger partial charge in [0.1, 0.15) is 5.82 Å². The van der Waals surface area contributed by atoms with Crippen LogP contribution in [0, 0.1) is 5.82 Å². The lowest BCUT2D eigenvalue weighted by molar-refractivity contribution is -0.113. The zero-order chi connectivity index (χ0) is 19.6. The molecule has 27 heavy (non-hydrogen) atoms. The molecule has 0 unspecified atom stereocenters. The summed E-state index contributed by atoms with van der Waals surface area (Å²) in [6.45, 7) is 3.84. The average molecular weight is 404 g/mol. The first-order valence-electron chi connectivity index (χ1n) is 8.28. The second kappa shape index (κ2) is 8.10. The van der Waals surface area contributed by atoms with E-state index >= 15 is 0 Å². The quantitative estimate of drug-likeness (QED) is 0.517. The van der Waals surface area contributed by atoms with E-state index in [0.29, 0.717) is 26.4 Å². The van der Waals surface area contributed by atoms with Crippen LogP contribution in [0.3, 0.4) is 0 Å². The number of carbonyl (C=O) groups excluding carboxylic acids is 1. The number of anilines is 1. The molecule has 0 radical (unpaired) electrons. The Morgan fingerprint density at radius 2 is 1.89 bits per heavy atom. The number of nitrogens with zero attached hydrogens (tertiary/aromatic N) is 1. The van der Waals surface area contributed by atoms with Gasteiger partial charge in [0, 0.05) is 5.56 Å². The number of thiocarbonyl (C=S) groups is 1. The van der Waals surface area contributed by atoms with Gasteiger partial charge >= 0.3 is 0 Å². The van der Waals surface area contributed by atoms with Gasteiger partial charge < -0.3 is 9.47 Å². The minimum Gasteiger partial charge on any atom is -0.493 e. The van der Waals surface area contributed by atoms with Crippen LogP contribution in [0.25, 0.3) is 6.08 Å². The monoisotopic (exact) mass is 403 g/mol. The normalized spacial score (nSPS) is 15.7. The first-order chi connectivity index (χ1) is 12.9. The van der Waals surface area contributed by atoms with Crippen molar-refractivity contribution >= 4 is 46.0 Å². The molecule has 1 amide bonds. The van der Waals surface area contributed by atoms with E-state index < -0.39 is 0 Å². The lowest BCUT2D eigenvalue weighted by Crippen LogP contribution is -2.27. The van der Waals surface area contributed by atoms with E-state index in [9.17, 15) is 9.18 Å². The minimum atomic E-state index is -0.369. The van der Waals surface area contributed by atoms with Crippen LogP contribution in [-0.2, 0) is 4.79 Å². The van der Waals surface area contributed by atoms with E-state index in [2.05, 4.69) is 0 Å². The molecular formula is C20H18FNO3S2. The Kier molecular flexibility index (Phi) is 5.82. The van der Waals surface area contributed by atoms with Crippen molar-refractivity contribution in [2.45, 2.75) is 20.0 Å². The molecule has 2 aromatic rings. The third-order valence-electron chi connectivity index (χ3n) is 3.75. The second-order valence-electron chi connectivity index (χ2n) is 6.04. The molecule has 0 aliphatic carbocycles. The highest BCUT2D eigenvalue weighted by Crippen LogP contribution is 2.39. The molecule has 0 bridgehead atoms. The van der Waals surface area contributed by atoms with Gasteiger partial charge in [0.15, 0.2) is 15.8 Å². The van der Waals surface area contributed by atoms with Crippen molar-refractivity contribution in [1.82, 2.24) is 0 Å². The summed E-state index contributed by atoms with van der Waals surface area (Å²) < 4.78 is 24.8. The third kappa shape index (κ3) is 4.14. The highest BCUT2D eigenvalue weighted by Gasteiger charge is 2.33. The third-order valence-corrected chi connectivity index (χ3v) is 5.05. The molecule has 0 aromatic heterocycles. The van der Waals surface area contributed by atoms with Crippen molar-refractivity contribution in [3.63, 3.8) is 0 Å². The number of benzene rings is 2. The predicted octanol–water partition coefficient (Wildman–Crippen LogP) is 5.03. The van der Waals surface area contributed by atoms with E-state index in [1.807, 2.05) is 26.0 Å². The summed E-state index contributed by atoms with van der Waals surface area (Å²) in [4.78, 5) is 14.7. The van der Waals surface area contributed by atoms with E-state index in [1.54, 1.807) is 19.3 Å². The van der Waals surface area contributed by atoms with Crippen molar-refractivity contribution in [1.29, 1.82) is 0 Å². The second-order valence-corrected chi connectivity index (χ2v) is 7.71. The lowest BCUT2D eigenvalue weighted by Gasteiger charge is -2.16. The number of hydrogen-bond acceptors (Lipinski definition) is 5. The van der Waals surface area contributed by atoms with Gasteiger partial charge in [0.2, 0.25) is 0 Å². The van der Waals surface area contributed by atoms with E-state index in [4.69, 9.17) is 21.7 Å². The van der Waals surface area contributed by atoms with Gasteiger partial charge in [0.05, 0.1) is 23.8 Å². The largest absolute Gasteiger partial charge is 0.493 e. The lowest BCUT2D eigenvalue weighted by atomic mass is 10.1. The van der Waals surface area contributed by atoms with Crippen LogP contribution in [0.5, 0.6) is 11.5 Å². The van der Waals surface area contributed by atoms with Gasteiger partial charge in [-0.05, 0) is 50.3 Å². The molecule has 1 saturated heterocycles. The summed E-state index contributed by atoms with van der Waals surface area (Å²) in [5, 5.41) is 0. The Balaban J connectivity index is 1.98. The number of thioether (sulfide) groups is 1. The molecule has 3 rings (SSSR count). The first-order valence-corrected chi connectivity index (χ1v) is 9.50. The molecule has 0 saturated carbocycles. The van der Waals surface area contributed by atoms with Crippen molar-refractivity contribution < 1.29 is 18.7 Å². The molecule has 0 N–H and O–H groups in total. The standard InChI is InChI=1S/C20H18FNO3S2/c1-12(2)25-18-13(5-4-6-16(18)24-3)11-17-19(23)22(20(26)27-17)15-9-7-14(21)8-10-15/h4-12H,1-3H3/b17-11-. The molecule has 140 valence electrons. The van der Waals surface area contributed by atoms with Crippen LogP contribution < -0.4 is 14.4 Å². The molecule has 1 aliphatic heterocycles. The van der Waals surface area contributed by atoms with Gasteiger partial charge in [-0.2, -0.15) is 0 Å². The molecule has 4 nitrogen and oxygen atoms in total. The molecule has 0 atom stereocenters. The number of hydrogen-bond donors (Lipinski definition) is 0. The number of para-hydroxylation sites is 1. The van der Waals surface area contributed by atoms with Crippen molar-refractivity contribution in [3.8, 4) is 11.5 Å². The Morgan fingerprint density at radius 1 is 1.19 bits per heavy atom. The Bertz CT molecular complexity index is 910. The Labute approximate surface area is 167 Å². The van der Waals surface area contributed by atoms with Crippen LogP contribution in [0.2, 0.25) is 0 Å². The summed E-state index contributed by atoms with van der Waals surface area (Å²) in [5.74, 6) is 0.537. The highest BCUT2D eigenvalue weighted by molar-refractivity contribution is 8.27. The number of amides is 1. The van der Waals surface area contributed by atoms with Crippen LogP contribution >= 0.6 is 24.0 Å². The fourth-order valence-corrected chi connectivity index (χ4v) is 3.88. The molecule has 0 spiro atoms. The van der Waals surface area contributed by atoms with Crippen LogP contribution in [0.1, 0.15) is 19.4 Å². The van der Waals surface area contributed by atoms with Gasteiger partial charge in [-0.3, -0.25) is 9.69 Å². The van der Waals surface area contributed by atoms with Gasteiger partial charge in [-0.1, -0.05) is 36.1 Å². The minimum absolute atomic E-state index is 0.0535. The molecule has 1 aliphatic rings. The average Bonchev–Trinajstić information content (AvgIpc) is 2.90. The number of ether oxygens (including phenoxy) is 2. The summed E-state index contributed by atoms with van der Waals surface area (Å²) in [7, 11) is 1.57. The SMILES string of the molecule is COc1cccc(/C=C2\SC(=S)N(c3ccc(F)cc3)C2=O)c1OC(C)C. The zero-order valence-corrected chi connectivity index (χ0v) is 16.7. The fraction of sp³-hybridized carbons (Fsp3) is 0.200. The Morgan fingerprint density at radius 3 is 2.52 bits per heavy atom. The number of carbonyl (C=O) groups is 1. The first kappa shape index (κ1) is 19.4. The van der Waals surface area contributed by atoms with E-state index in [1.165, 1.54) is 40.9 Å². The predicted molar refractivity (Wildman–Crippen MR) is 111 cm³/mol. The van der Waals surface area contributed by atoms with Crippen molar-refractivity contribution in [3.05, 3.63) is 58.8 Å². The van der Waals surface area contributed by atoms with Gasteiger partial charge in [0.25, 0.3) is 5.91 Å². The van der Waals surface area contributed by atoms with Gasteiger partial charge in [-0.15, -0.1) is 0 Å². The molecule has 1 fully saturated rings. The van der Waals surface area contributed by atoms with Crippen molar-refractivity contribution in [2.24, 2.45) is 0 Å². The van der Waals surface area contributed by atoms with Crippen LogP contribution in [0.4, 0.5) is 10.1 Å². The Hall–Kier alpha value is -2.38. The molecular weight excluding hydrogens is 385 g/mol. The molecule has 2 aromatic carbocycles. The van der Waals surface area contributed by atoms with Crippen LogP contribution in [0.15, 0.2) is 47.4 Å². The topological polar surface area (TPSA) is 38.8 Å². The molecule has 7 heteroatoms. The fourth-order valence-electron chi connectivity index (χ4n) is 2.59. The maximum atomic E-state index is 13.2. The zero-order valence-electron chi connectivity index (χ0n) is 15.1. The maximum absolute atomic E-state index is 13.2. The maximum Gasteiger partial charge on any atom is 0.270 e. The summed E-state index contributed by atoms with van der Waals surface area (Å²) >= 11 is 6.55. The van der Waals surface area contributed by atoms with Gasteiger partial charge in [-0.25, -0.2) is 4.39 Å². The highest BCUT2D eigenvalue weighted by atomic mass is 32.2. The smallest absolute Gasteiger partial charge is 0.270 e. The summed E-state index contributed by atoms with van der Waals surface area (Å²) in [6, 6.07) is 11.1. The summed E-state index contributed by atoms with van der Waals surface area (Å²) in [6.07, 6.45) is 1.69.